The largest absolute Gasteiger partial charge is 0.372 e. The lowest BCUT2D eigenvalue weighted by Crippen LogP contribution is -1.96. The van der Waals surface area contributed by atoms with Gasteiger partial charge in [0.05, 0.1) is 0 Å². The molecule has 1 unspecified atom stereocenters. The van der Waals surface area contributed by atoms with Crippen LogP contribution in [0.2, 0.25) is 0 Å². The van der Waals surface area contributed by atoms with E-state index in [9.17, 15) is 0 Å². The van der Waals surface area contributed by atoms with Crippen LogP contribution in [0.3, 0.4) is 0 Å². The number of ether oxygens (including phenoxy) is 1. The number of hydrogen-bond acceptors (Lipinski definition) is 1. The number of methoxy groups -OCH3 is 1. The maximum atomic E-state index is 5.37. The first kappa shape index (κ1) is 8.26. The van der Waals surface area contributed by atoms with Crippen LogP contribution in [0.1, 0.15) is 17.2 Å². The molecule has 0 spiro atoms. The van der Waals surface area contributed by atoms with Crippen molar-refractivity contribution in [3.05, 3.63) is 39.0 Å². The second-order valence-corrected chi connectivity index (χ2v) is 4.02. The van der Waals surface area contributed by atoms with Gasteiger partial charge in [-0.3, -0.25) is 0 Å². The summed E-state index contributed by atoms with van der Waals surface area (Å²) in [7, 11) is 1.75. The van der Waals surface area contributed by atoms with Gasteiger partial charge in [-0.05, 0) is 39.8 Å². The summed E-state index contributed by atoms with van der Waals surface area (Å²) in [6.07, 6.45) is 2.34. The first-order valence-electron chi connectivity index (χ1n) is 3.81. The molecule has 1 nitrogen and oxygen atoms in total. The zero-order valence-corrected chi connectivity index (χ0v) is 8.91. The van der Waals surface area contributed by atoms with E-state index in [-0.39, 0.29) is 6.10 Å². The molecule has 0 heterocycles. The summed E-state index contributed by atoms with van der Waals surface area (Å²) in [6, 6.07) is 8.34. The van der Waals surface area contributed by atoms with E-state index in [0.29, 0.717) is 0 Å². The summed E-state index contributed by atoms with van der Waals surface area (Å²) in [5, 5.41) is 0. The average Bonchev–Trinajstić information content (AvgIpc) is 2.40. The van der Waals surface area contributed by atoms with Gasteiger partial charge in [0.1, 0.15) is 6.10 Å². The monoisotopic (exact) mass is 272 g/mol. The Bertz CT molecular complexity index is 330. The lowest BCUT2D eigenvalue weighted by molar-refractivity contribution is 0.144. The number of hydrogen-bond donors (Lipinski definition) is 0. The normalized spacial score (nSPS) is 20.5. The zero-order chi connectivity index (χ0) is 8.55. The van der Waals surface area contributed by atoms with E-state index in [4.69, 9.17) is 4.74 Å². The second kappa shape index (κ2) is 3.18. The van der Waals surface area contributed by atoms with Crippen LogP contribution in [0, 0.1) is 0 Å². The molecule has 1 atom stereocenters. The van der Waals surface area contributed by atoms with Crippen molar-refractivity contribution in [1.82, 2.24) is 0 Å². The summed E-state index contributed by atoms with van der Waals surface area (Å²) in [6.45, 7) is 0. The summed E-state index contributed by atoms with van der Waals surface area (Å²) in [5.41, 5.74) is 2.57. The smallest absolute Gasteiger partial charge is 0.113 e. The first-order valence-corrected chi connectivity index (χ1v) is 4.89. The zero-order valence-electron chi connectivity index (χ0n) is 6.75. The minimum Gasteiger partial charge on any atom is -0.372 e. The highest BCUT2D eigenvalue weighted by molar-refractivity contribution is 14.1. The first-order chi connectivity index (χ1) is 5.83. The van der Waals surface area contributed by atoms with E-state index in [2.05, 4.69) is 46.9 Å². The summed E-state index contributed by atoms with van der Waals surface area (Å²) in [4.78, 5) is 0. The van der Waals surface area contributed by atoms with Crippen molar-refractivity contribution in [2.45, 2.75) is 6.10 Å². The third kappa shape index (κ3) is 1.19. The Hall–Kier alpha value is -0.350. The van der Waals surface area contributed by atoms with Crippen LogP contribution in [-0.4, -0.2) is 7.11 Å². The minimum atomic E-state index is 0.168. The predicted octanol–water partition coefficient (Wildman–Crippen LogP) is 3.16. The van der Waals surface area contributed by atoms with E-state index >= 15 is 0 Å². The highest BCUT2D eigenvalue weighted by Gasteiger charge is 2.22. The summed E-state index contributed by atoms with van der Waals surface area (Å²) in [5.74, 6) is 0. The Balaban J connectivity index is 2.50. The Labute approximate surface area is 85.6 Å². The standard InChI is InChI=1S/C10H9IO/c1-12-10-8-5-3-2-4-7(8)6-9(10)11/h2-6,10H,1H3. The van der Waals surface area contributed by atoms with Gasteiger partial charge in [0.15, 0.2) is 0 Å². The predicted molar refractivity (Wildman–Crippen MR) is 58.2 cm³/mol. The van der Waals surface area contributed by atoms with E-state index in [1.807, 2.05) is 6.07 Å². The number of rotatable bonds is 1. The minimum absolute atomic E-state index is 0.168. The molecule has 1 aromatic rings. The van der Waals surface area contributed by atoms with Crippen molar-refractivity contribution in [3.63, 3.8) is 0 Å². The van der Waals surface area contributed by atoms with Crippen LogP contribution in [0.25, 0.3) is 6.08 Å². The van der Waals surface area contributed by atoms with E-state index in [1.165, 1.54) is 14.7 Å². The molecule has 12 heavy (non-hydrogen) atoms. The molecule has 0 N–H and O–H groups in total. The molecular weight excluding hydrogens is 263 g/mol. The molecule has 0 saturated heterocycles. The molecule has 0 aromatic heterocycles. The van der Waals surface area contributed by atoms with E-state index < -0.39 is 0 Å². The maximum absolute atomic E-state index is 5.37. The van der Waals surface area contributed by atoms with Gasteiger partial charge in [-0.1, -0.05) is 24.3 Å². The van der Waals surface area contributed by atoms with Crippen LogP contribution >= 0.6 is 22.6 Å². The van der Waals surface area contributed by atoms with Crippen molar-refractivity contribution in [1.29, 1.82) is 0 Å². The van der Waals surface area contributed by atoms with Crippen molar-refractivity contribution in [2.24, 2.45) is 0 Å². The Morgan fingerprint density at radius 2 is 2.08 bits per heavy atom. The van der Waals surface area contributed by atoms with Gasteiger partial charge in [0.2, 0.25) is 0 Å². The van der Waals surface area contributed by atoms with Crippen molar-refractivity contribution in [3.8, 4) is 0 Å². The summed E-state index contributed by atoms with van der Waals surface area (Å²) >= 11 is 2.33. The lowest BCUT2D eigenvalue weighted by atomic mass is 10.1. The number of benzene rings is 1. The third-order valence-corrected chi connectivity index (χ3v) is 2.94. The number of fused-ring (bicyclic) bond motifs is 1. The van der Waals surface area contributed by atoms with Crippen LogP contribution < -0.4 is 0 Å². The second-order valence-electron chi connectivity index (χ2n) is 2.77. The fourth-order valence-corrected chi connectivity index (χ4v) is 2.42. The molecule has 0 amide bonds. The molecule has 0 radical (unpaired) electrons. The maximum Gasteiger partial charge on any atom is 0.113 e. The molecule has 2 rings (SSSR count). The molecular formula is C10H9IO. The lowest BCUT2D eigenvalue weighted by Gasteiger charge is -2.10. The summed E-state index contributed by atoms with van der Waals surface area (Å²) < 4.78 is 6.63. The van der Waals surface area contributed by atoms with Crippen molar-refractivity contribution in [2.75, 3.05) is 7.11 Å². The quantitative estimate of drug-likeness (QED) is 0.713. The van der Waals surface area contributed by atoms with Gasteiger partial charge in [0.25, 0.3) is 0 Å². The fraction of sp³-hybridized carbons (Fsp3) is 0.200. The molecule has 62 valence electrons. The van der Waals surface area contributed by atoms with Crippen LogP contribution in [-0.2, 0) is 4.74 Å². The molecule has 0 fully saturated rings. The van der Waals surface area contributed by atoms with Crippen LogP contribution in [0.4, 0.5) is 0 Å². The van der Waals surface area contributed by atoms with Crippen molar-refractivity contribution >= 4 is 28.7 Å². The SMILES string of the molecule is COC1C(I)=Cc2ccccc21. The average molecular weight is 272 g/mol. The highest BCUT2D eigenvalue weighted by Crippen LogP contribution is 2.39. The third-order valence-electron chi connectivity index (χ3n) is 2.06. The topological polar surface area (TPSA) is 9.23 Å². The Morgan fingerprint density at radius 1 is 1.33 bits per heavy atom. The van der Waals surface area contributed by atoms with Gasteiger partial charge < -0.3 is 4.74 Å². The van der Waals surface area contributed by atoms with Gasteiger partial charge >= 0.3 is 0 Å². The molecule has 0 aliphatic heterocycles. The van der Waals surface area contributed by atoms with Gasteiger partial charge in [-0.15, -0.1) is 0 Å². The highest BCUT2D eigenvalue weighted by atomic mass is 127. The number of halogens is 1. The molecule has 1 aromatic carbocycles. The molecule has 0 bridgehead atoms. The van der Waals surface area contributed by atoms with Crippen LogP contribution in [0.5, 0.6) is 0 Å². The van der Waals surface area contributed by atoms with Gasteiger partial charge in [-0.2, -0.15) is 0 Å². The van der Waals surface area contributed by atoms with E-state index in [0.717, 1.165) is 0 Å². The van der Waals surface area contributed by atoms with E-state index in [1.54, 1.807) is 7.11 Å². The van der Waals surface area contributed by atoms with Crippen LogP contribution in [0.15, 0.2) is 27.8 Å². The molecule has 2 heteroatoms. The van der Waals surface area contributed by atoms with Gasteiger partial charge in [0, 0.05) is 10.7 Å². The molecule has 1 aliphatic rings. The molecule has 1 aliphatic carbocycles. The fourth-order valence-electron chi connectivity index (χ4n) is 1.49. The van der Waals surface area contributed by atoms with Crippen molar-refractivity contribution < 1.29 is 4.74 Å². The molecule has 0 saturated carbocycles. The Kier molecular flexibility index (Phi) is 2.19. The Morgan fingerprint density at radius 3 is 2.83 bits per heavy atom. The van der Waals surface area contributed by atoms with Gasteiger partial charge in [-0.25, -0.2) is 0 Å².